The van der Waals surface area contributed by atoms with E-state index in [1.807, 2.05) is 14.1 Å². The molecule has 0 aromatic carbocycles. The molecule has 0 aromatic rings. The van der Waals surface area contributed by atoms with Gasteiger partial charge in [-0.3, -0.25) is 9.13 Å². The zero-order valence-corrected chi connectivity index (χ0v) is 7.62. The van der Waals surface area contributed by atoms with E-state index in [1.165, 1.54) is 0 Å². The van der Waals surface area contributed by atoms with Crippen molar-refractivity contribution in [2.24, 2.45) is 0 Å². The summed E-state index contributed by atoms with van der Waals surface area (Å²) in [6.07, 6.45) is 0. The second-order valence-electron chi connectivity index (χ2n) is 1.13. The topological polar surface area (TPSA) is 95.9 Å². The molecule has 2 atom stereocenters. The van der Waals surface area contributed by atoms with Crippen molar-refractivity contribution in [2.45, 2.75) is 7.43 Å². The third kappa shape index (κ3) is 38.4. The molecule has 0 aliphatic rings. The summed E-state index contributed by atoms with van der Waals surface area (Å²) < 4.78 is 22.3. The highest BCUT2D eigenvalue weighted by molar-refractivity contribution is 7.46. The Morgan fingerprint density at radius 1 is 1.18 bits per heavy atom. The van der Waals surface area contributed by atoms with Crippen molar-refractivity contribution in [3.05, 3.63) is 0 Å². The summed E-state index contributed by atoms with van der Waals surface area (Å²) in [6.45, 7) is 0. The largest absolute Gasteiger partial charge is 0.326 e. The van der Waals surface area contributed by atoms with Crippen molar-refractivity contribution in [3.8, 4) is 0 Å². The fraction of sp³-hybridized carbons (Fsp3) is 1.00. The molecule has 8 heteroatoms. The fourth-order valence-corrected chi connectivity index (χ4v) is 0.672. The van der Waals surface area contributed by atoms with Crippen LogP contribution in [-0.4, -0.2) is 23.9 Å². The van der Waals surface area contributed by atoms with E-state index in [4.69, 9.17) is 9.79 Å². The van der Waals surface area contributed by atoms with Crippen LogP contribution in [0.2, 0.25) is 0 Å². The molecule has 3 N–H and O–H groups in total. The molecule has 0 aromatic heterocycles. The summed E-state index contributed by atoms with van der Waals surface area (Å²) in [5.74, 6) is 0. The minimum absolute atomic E-state index is 0. The van der Waals surface area contributed by atoms with Gasteiger partial charge in [0.1, 0.15) is 0 Å². The first-order valence-corrected chi connectivity index (χ1v) is 4.79. The Kier molecular flexibility index (Phi) is 20.5. The minimum atomic E-state index is -3.20. The van der Waals surface area contributed by atoms with Gasteiger partial charge in [-0.15, -0.1) is 0 Å². The van der Waals surface area contributed by atoms with E-state index < -0.39 is 16.5 Å². The Morgan fingerprint density at radius 2 is 1.36 bits per heavy atom. The van der Waals surface area contributed by atoms with Crippen molar-refractivity contribution in [3.63, 3.8) is 0 Å². The van der Waals surface area contributed by atoms with Crippen molar-refractivity contribution < 1.29 is 23.2 Å². The molecular weight excluding hydrogens is 192 g/mol. The van der Waals surface area contributed by atoms with Crippen LogP contribution in [0.15, 0.2) is 0 Å². The molecule has 72 valence electrons. The van der Waals surface area contributed by atoms with E-state index in [0.717, 1.165) is 0 Å². The summed E-state index contributed by atoms with van der Waals surface area (Å²) in [5.41, 5.74) is 0. The number of nitrogens with one attached hydrogen (secondary N) is 1. The van der Waals surface area contributed by atoms with Gasteiger partial charge in [-0.1, -0.05) is 7.43 Å². The summed E-state index contributed by atoms with van der Waals surface area (Å²) in [7, 11) is -2.65. The van der Waals surface area contributed by atoms with Gasteiger partial charge in [-0.25, -0.2) is 4.31 Å². The maximum Gasteiger partial charge on any atom is 0.323 e. The Hall–Kier alpha value is 0.300. The second kappa shape index (κ2) is 12.9. The molecule has 0 saturated heterocycles. The lowest BCUT2D eigenvalue weighted by atomic mass is 11.3. The lowest BCUT2D eigenvalue weighted by Gasteiger charge is -1.86. The third-order valence-corrected chi connectivity index (χ3v) is 1.57. The summed E-state index contributed by atoms with van der Waals surface area (Å²) in [4.78, 5) is 15.4. The molecule has 0 rings (SSSR count). The van der Waals surface area contributed by atoms with Gasteiger partial charge >= 0.3 is 16.5 Å². The Balaban J connectivity index is -0.000000140. The molecule has 0 amide bonds. The maximum absolute atomic E-state index is 9.44. The Morgan fingerprint density at radius 3 is 1.36 bits per heavy atom. The zero-order chi connectivity index (χ0) is 8.57. The molecule has 0 saturated carbocycles. The van der Waals surface area contributed by atoms with Gasteiger partial charge in [0, 0.05) is 0 Å². The molecule has 0 bridgehead atoms. The van der Waals surface area contributed by atoms with Gasteiger partial charge in [0.15, 0.2) is 0 Å². The van der Waals surface area contributed by atoms with Crippen molar-refractivity contribution in [1.29, 1.82) is 0 Å². The third-order valence-electron chi connectivity index (χ3n) is 0.175. The van der Waals surface area contributed by atoms with Crippen LogP contribution in [-0.2, 0) is 13.4 Å². The van der Waals surface area contributed by atoms with E-state index in [0.29, 0.717) is 0 Å². The molecule has 0 heterocycles. The zero-order valence-electron chi connectivity index (χ0n) is 5.62. The van der Waals surface area contributed by atoms with E-state index in [9.17, 15) is 9.13 Å². The van der Waals surface area contributed by atoms with E-state index in [2.05, 4.69) is 9.63 Å². The summed E-state index contributed by atoms with van der Waals surface area (Å²) >= 11 is 0. The average Bonchev–Trinajstić information content (AvgIpc) is 1.62. The summed E-state index contributed by atoms with van der Waals surface area (Å²) in [5, 5.41) is 2.75. The minimum Gasteiger partial charge on any atom is -0.326 e. The maximum atomic E-state index is 9.44. The second-order valence-corrected chi connectivity index (χ2v) is 3.01. The standard InChI is InChI=1S/C2H7N.CH4.H4O5P2/c1-3-2;;1-6(2)5-7(3)4/h3H,1-2H3;1H4;6-7H,(H,1,2)(H,3,4). The lowest BCUT2D eigenvalue weighted by Crippen LogP contribution is -1.89. The first kappa shape index (κ1) is 17.4. The quantitative estimate of drug-likeness (QED) is 0.561. The average molecular weight is 207 g/mol. The summed E-state index contributed by atoms with van der Waals surface area (Å²) in [6, 6.07) is 0. The molecule has 11 heavy (non-hydrogen) atoms. The molecule has 2 unspecified atom stereocenters. The highest BCUT2D eigenvalue weighted by Gasteiger charge is 1.93. The van der Waals surface area contributed by atoms with Crippen LogP contribution >= 0.6 is 16.5 Å². The molecule has 0 aliphatic carbocycles. The van der Waals surface area contributed by atoms with Crippen LogP contribution in [0.1, 0.15) is 7.43 Å². The predicted octanol–water partition coefficient (Wildman–Crippen LogP) is 0.239. The van der Waals surface area contributed by atoms with Crippen LogP contribution in [0, 0.1) is 0 Å². The lowest BCUT2D eigenvalue weighted by molar-refractivity contribution is 0.371. The first-order chi connectivity index (χ1) is 4.54. The predicted molar refractivity (Wildman–Crippen MR) is 45.2 cm³/mol. The monoisotopic (exact) mass is 207 g/mol. The van der Waals surface area contributed by atoms with Crippen molar-refractivity contribution >= 4 is 16.5 Å². The van der Waals surface area contributed by atoms with Crippen LogP contribution in [0.4, 0.5) is 0 Å². The highest BCUT2D eigenvalue weighted by Crippen LogP contribution is 2.30. The van der Waals surface area contributed by atoms with E-state index in [-0.39, 0.29) is 7.43 Å². The van der Waals surface area contributed by atoms with Crippen LogP contribution in [0.5, 0.6) is 0 Å². The van der Waals surface area contributed by atoms with E-state index in [1.54, 1.807) is 0 Å². The Bertz CT molecular complexity index is 106. The van der Waals surface area contributed by atoms with Gasteiger partial charge in [0.25, 0.3) is 0 Å². The molecule has 0 fully saturated rings. The van der Waals surface area contributed by atoms with Gasteiger partial charge in [0.2, 0.25) is 0 Å². The molecule has 0 spiro atoms. The van der Waals surface area contributed by atoms with Gasteiger partial charge in [-0.05, 0) is 14.1 Å². The molecule has 6 nitrogen and oxygen atoms in total. The van der Waals surface area contributed by atoms with Crippen LogP contribution < -0.4 is 5.32 Å². The normalized spacial score (nSPS) is 13.5. The fourth-order valence-electron chi connectivity index (χ4n) is 0.0747. The molecular formula is C3H15NO5P2. The first-order valence-electron chi connectivity index (χ1n) is 2.26. The van der Waals surface area contributed by atoms with Crippen molar-refractivity contribution in [2.75, 3.05) is 14.1 Å². The van der Waals surface area contributed by atoms with Crippen molar-refractivity contribution in [1.82, 2.24) is 5.32 Å². The Labute approximate surface area is 67.5 Å². The van der Waals surface area contributed by atoms with E-state index >= 15 is 0 Å². The van der Waals surface area contributed by atoms with Gasteiger partial charge in [0.05, 0.1) is 0 Å². The SMILES string of the molecule is C.CNC.O=[PH](O)O[PH](=O)O. The van der Waals surface area contributed by atoms with Crippen LogP contribution in [0.25, 0.3) is 0 Å². The molecule has 0 aliphatic heterocycles. The number of hydrogen-bond acceptors (Lipinski definition) is 4. The highest BCUT2D eigenvalue weighted by atomic mass is 31.2. The number of hydrogen-bond donors (Lipinski definition) is 3. The van der Waals surface area contributed by atoms with Crippen LogP contribution in [0.3, 0.4) is 0 Å². The smallest absolute Gasteiger partial charge is 0.323 e. The molecule has 0 radical (unpaired) electrons. The van der Waals surface area contributed by atoms with Gasteiger partial charge in [-0.2, -0.15) is 0 Å². The van der Waals surface area contributed by atoms with Gasteiger partial charge < -0.3 is 15.1 Å². The number of rotatable bonds is 2.